The van der Waals surface area contributed by atoms with Crippen molar-refractivity contribution in [2.45, 2.75) is 25.2 Å². The number of carboxylic acids is 1. The van der Waals surface area contributed by atoms with E-state index in [4.69, 9.17) is 10.2 Å². The van der Waals surface area contributed by atoms with E-state index in [1.807, 2.05) is 5.32 Å². The average molecular weight is 307 g/mol. The van der Waals surface area contributed by atoms with Gasteiger partial charge >= 0.3 is 18.2 Å². The smallest absolute Gasteiger partial charge is 0.433 e. The molecule has 1 aromatic heterocycles. The van der Waals surface area contributed by atoms with E-state index in [0.717, 1.165) is 12.3 Å². The van der Waals surface area contributed by atoms with E-state index in [1.165, 1.54) is 6.92 Å². The minimum Gasteiger partial charge on any atom is -0.480 e. The number of nitrogens with zero attached hydrogens (tertiary/aromatic N) is 1. The van der Waals surface area contributed by atoms with Gasteiger partial charge in [0.2, 0.25) is 0 Å². The van der Waals surface area contributed by atoms with Crippen LogP contribution in [0.1, 0.15) is 12.6 Å². The van der Waals surface area contributed by atoms with E-state index in [2.05, 4.69) is 10.3 Å². The van der Waals surface area contributed by atoms with E-state index in [9.17, 15) is 22.8 Å². The lowest BCUT2D eigenvalue weighted by atomic mass is 10.2. The highest BCUT2D eigenvalue weighted by molar-refractivity contribution is 5.92. The first kappa shape index (κ1) is 16.7. The van der Waals surface area contributed by atoms with E-state index in [1.54, 1.807) is 0 Å². The second-order valence-electron chi connectivity index (χ2n) is 4.08. The molecule has 0 fully saturated rings. The Bertz CT molecular complexity index is 516. The lowest BCUT2D eigenvalue weighted by molar-refractivity contribution is -0.142. The van der Waals surface area contributed by atoms with Crippen molar-refractivity contribution < 1.29 is 33.0 Å². The molecule has 21 heavy (non-hydrogen) atoms. The predicted octanol–water partition coefficient (Wildman–Crippen LogP) is 1.06. The Hall–Kier alpha value is -2.36. The third kappa shape index (κ3) is 4.91. The molecular formula is C11H12F3N3O4. The Morgan fingerprint density at radius 1 is 1.33 bits per heavy atom. The fourth-order valence-electron chi connectivity index (χ4n) is 1.33. The lowest BCUT2D eigenvalue weighted by Crippen LogP contribution is -2.49. The van der Waals surface area contributed by atoms with Gasteiger partial charge in [0, 0.05) is 0 Å². The predicted molar refractivity (Wildman–Crippen MR) is 64.5 cm³/mol. The van der Waals surface area contributed by atoms with E-state index in [0.29, 0.717) is 6.07 Å². The maximum Gasteiger partial charge on any atom is 0.433 e. The van der Waals surface area contributed by atoms with Crippen molar-refractivity contribution in [3.63, 3.8) is 0 Å². The van der Waals surface area contributed by atoms with Crippen LogP contribution in [-0.2, 0) is 11.0 Å². The summed E-state index contributed by atoms with van der Waals surface area (Å²) in [7, 11) is 0. The highest BCUT2D eigenvalue weighted by atomic mass is 19.4. The molecule has 0 aliphatic carbocycles. The molecule has 1 aromatic rings. The van der Waals surface area contributed by atoms with Crippen molar-refractivity contribution in [3.8, 4) is 0 Å². The zero-order chi connectivity index (χ0) is 16.2. The van der Waals surface area contributed by atoms with Gasteiger partial charge in [0.1, 0.15) is 5.69 Å². The van der Waals surface area contributed by atoms with E-state index in [-0.39, 0.29) is 5.69 Å². The van der Waals surface area contributed by atoms with Crippen molar-refractivity contribution in [1.29, 1.82) is 0 Å². The minimum absolute atomic E-state index is 0.0600. The van der Waals surface area contributed by atoms with Crippen LogP contribution < -0.4 is 10.6 Å². The quantitative estimate of drug-likeness (QED) is 0.664. The van der Waals surface area contributed by atoms with Crippen molar-refractivity contribution in [1.82, 2.24) is 10.3 Å². The summed E-state index contributed by atoms with van der Waals surface area (Å²) in [5.74, 6) is -1.45. The number of carbonyl (C=O) groups is 2. The SMILES string of the molecule is CC(O)C(NC(=O)Nc1ccc(C(F)(F)F)nc1)C(=O)O. The topological polar surface area (TPSA) is 112 Å². The molecule has 0 aliphatic heterocycles. The van der Waals surface area contributed by atoms with Gasteiger partial charge < -0.3 is 20.8 Å². The summed E-state index contributed by atoms with van der Waals surface area (Å²) in [6, 6.07) is -0.913. The molecule has 116 valence electrons. The number of carbonyl (C=O) groups excluding carboxylic acids is 1. The highest BCUT2D eigenvalue weighted by Gasteiger charge is 2.32. The number of nitrogens with one attached hydrogen (secondary N) is 2. The molecule has 0 saturated heterocycles. The van der Waals surface area contributed by atoms with Gasteiger partial charge in [0.15, 0.2) is 6.04 Å². The molecule has 2 atom stereocenters. The molecule has 0 saturated carbocycles. The normalized spacial score (nSPS) is 14.1. The van der Waals surface area contributed by atoms with Crippen LogP contribution in [0, 0.1) is 0 Å². The first-order chi connectivity index (χ1) is 9.61. The van der Waals surface area contributed by atoms with Gasteiger partial charge in [-0.2, -0.15) is 13.2 Å². The van der Waals surface area contributed by atoms with Gasteiger partial charge in [-0.05, 0) is 19.1 Å². The molecule has 0 aliphatic rings. The second kappa shape index (κ2) is 6.39. The van der Waals surface area contributed by atoms with Gasteiger partial charge in [0.25, 0.3) is 0 Å². The van der Waals surface area contributed by atoms with Gasteiger partial charge in [-0.15, -0.1) is 0 Å². The Morgan fingerprint density at radius 3 is 2.33 bits per heavy atom. The molecule has 2 amide bonds. The summed E-state index contributed by atoms with van der Waals surface area (Å²) >= 11 is 0. The molecule has 0 aromatic carbocycles. The molecule has 0 spiro atoms. The standard InChI is InChI=1S/C11H12F3N3O4/c1-5(18)8(9(19)20)17-10(21)16-6-2-3-7(15-4-6)11(12,13)14/h2-5,8,18H,1H3,(H,19,20)(H2,16,17,21). The fraction of sp³-hybridized carbons (Fsp3) is 0.364. The van der Waals surface area contributed by atoms with Crippen molar-refractivity contribution >= 4 is 17.7 Å². The third-order valence-electron chi connectivity index (χ3n) is 2.35. The number of anilines is 1. The summed E-state index contributed by atoms with van der Waals surface area (Å²) in [6.45, 7) is 1.17. The van der Waals surface area contributed by atoms with Crippen LogP contribution in [0.4, 0.5) is 23.7 Å². The summed E-state index contributed by atoms with van der Waals surface area (Å²) in [5, 5.41) is 22.0. The minimum atomic E-state index is -4.60. The van der Waals surface area contributed by atoms with E-state index < -0.39 is 36.0 Å². The van der Waals surface area contributed by atoms with Gasteiger partial charge in [-0.25, -0.2) is 14.6 Å². The highest BCUT2D eigenvalue weighted by Crippen LogP contribution is 2.27. The second-order valence-corrected chi connectivity index (χ2v) is 4.08. The summed E-state index contributed by atoms with van der Waals surface area (Å²) in [4.78, 5) is 25.3. The Morgan fingerprint density at radius 2 is 1.95 bits per heavy atom. The van der Waals surface area contributed by atoms with Gasteiger partial charge in [-0.1, -0.05) is 0 Å². The largest absolute Gasteiger partial charge is 0.480 e. The molecule has 1 heterocycles. The van der Waals surface area contributed by atoms with Crippen molar-refractivity contribution in [3.05, 3.63) is 24.0 Å². The van der Waals surface area contributed by atoms with Crippen molar-refractivity contribution in [2.24, 2.45) is 0 Å². The number of alkyl halides is 3. The van der Waals surface area contributed by atoms with Crippen molar-refractivity contribution in [2.75, 3.05) is 5.32 Å². The zero-order valence-electron chi connectivity index (χ0n) is 10.7. The number of rotatable bonds is 4. The number of hydrogen-bond acceptors (Lipinski definition) is 4. The van der Waals surface area contributed by atoms with Gasteiger partial charge in [-0.3, -0.25) is 0 Å². The van der Waals surface area contributed by atoms with Crippen LogP contribution in [0.5, 0.6) is 0 Å². The first-order valence-corrected chi connectivity index (χ1v) is 5.63. The number of urea groups is 1. The number of aromatic nitrogens is 1. The van der Waals surface area contributed by atoms with E-state index >= 15 is 0 Å². The molecule has 7 nitrogen and oxygen atoms in total. The van der Waals surface area contributed by atoms with Crippen LogP contribution in [0.2, 0.25) is 0 Å². The number of pyridine rings is 1. The van der Waals surface area contributed by atoms with Crippen LogP contribution >= 0.6 is 0 Å². The Balaban J connectivity index is 2.69. The number of halogens is 3. The maximum absolute atomic E-state index is 12.3. The number of aliphatic hydroxyl groups excluding tert-OH is 1. The molecule has 2 unspecified atom stereocenters. The monoisotopic (exact) mass is 307 g/mol. The van der Waals surface area contributed by atoms with Crippen LogP contribution in [0.3, 0.4) is 0 Å². The average Bonchev–Trinajstić information content (AvgIpc) is 2.34. The fourth-order valence-corrected chi connectivity index (χ4v) is 1.33. The Kier molecular flexibility index (Phi) is 5.08. The number of aliphatic carboxylic acids is 1. The molecule has 10 heteroatoms. The summed E-state index contributed by atoms with van der Waals surface area (Å²) < 4.78 is 36.8. The summed E-state index contributed by atoms with van der Waals surface area (Å²) in [5.41, 5.74) is -1.18. The maximum atomic E-state index is 12.3. The first-order valence-electron chi connectivity index (χ1n) is 5.63. The number of amides is 2. The molecular weight excluding hydrogens is 295 g/mol. The lowest BCUT2D eigenvalue weighted by Gasteiger charge is -2.17. The molecule has 0 radical (unpaired) electrons. The summed E-state index contributed by atoms with van der Waals surface area (Å²) in [6.07, 6.45) is -5.17. The number of carboxylic acid groups (broad SMARTS) is 1. The van der Waals surface area contributed by atoms with Crippen LogP contribution in [-0.4, -0.2) is 39.3 Å². The third-order valence-corrected chi connectivity index (χ3v) is 2.35. The van der Waals surface area contributed by atoms with Crippen LogP contribution in [0.15, 0.2) is 18.3 Å². The zero-order valence-corrected chi connectivity index (χ0v) is 10.7. The molecule has 1 rings (SSSR count). The number of aliphatic hydroxyl groups is 1. The van der Waals surface area contributed by atoms with Crippen LogP contribution in [0.25, 0.3) is 0 Å². The molecule has 0 bridgehead atoms. The van der Waals surface area contributed by atoms with Gasteiger partial charge in [0.05, 0.1) is 18.0 Å². The molecule has 4 N–H and O–H groups in total. The Labute approximate surface area is 116 Å². The number of hydrogen-bond donors (Lipinski definition) is 4.